The Morgan fingerprint density at radius 1 is 1.36 bits per heavy atom. The molecule has 78 valence electrons. The van der Waals surface area contributed by atoms with Crippen LogP contribution in [0.1, 0.15) is 44.3 Å². The highest BCUT2D eigenvalue weighted by Gasteiger charge is 2.18. The Kier molecular flexibility index (Phi) is 2.88. The molecule has 0 aromatic carbocycles. The van der Waals surface area contributed by atoms with Crippen molar-refractivity contribution in [3.8, 4) is 0 Å². The van der Waals surface area contributed by atoms with Crippen molar-refractivity contribution < 1.29 is 9.21 Å². The summed E-state index contributed by atoms with van der Waals surface area (Å²) in [6.45, 7) is 7.10. The normalized spacial score (nSPS) is 11.3. The first-order valence-electron chi connectivity index (χ1n) is 4.57. The van der Waals surface area contributed by atoms with Gasteiger partial charge in [-0.2, -0.15) is 0 Å². The van der Waals surface area contributed by atoms with Crippen molar-refractivity contribution in [1.82, 2.24) is 9.78 Å². The first-order valence-corrected chi connectivity index (χ1v) is 4.57. The molecule has 1 heterocycles. The molecular formula is C9H14N2O3. The second kappa shape index (κ2) is 3.77. The topological polar surface area (TPSA) is 65.1 Å². The Labute approximate surface area is 81.7 Å². The van der Waals surface area contributed by atoms with E-state index in [1.54, 1.807) is 13.8 Å². The average molecular weight is 198 g/mol. The van der Waals surface area contributed by atoms with Gasteiger partial charge < -0.3 is 4.42 Å². The zero-order chi connectivity index (χ0) is 10.9. The lowest BCUT2D eigenvalue weighted by Crippen LogP contribution is -2.27. The molecule has 1 aromatic rings. The highest BCUT2D eigenvalue weighted by atomic mass is 16.4. The molecule has 1 rings (SSSR count). The molecule has 0 saturated heterocycles. The van der Waals surface area contributed by atoms with Crippen LogP contribution >= 0.6 is 0 Å². The third kappa shape index (κ3) is 1.92. The average Bonchev–Trinajstić information content (AvgIpc) is 2.46. The SMILES string of the molecule is CC(C)C(=O)n1nc(C(C)C)oc1=O. The summed E-state index contributed by atoms with van der Waals surface area (Å²) in [5.41, 5.74) is 0. The van der Waals surface area contributed by atoms with E-state index in [-0.39, 0.29) is 17.7 Å². The summed E-state index contributed by atoms with van der Waals surface area (Å²) in [5, 5.41) is 3.82. The first kappa shape index (κ1) is 10.7. The minimum atomic E-state index is -0.701. The van der Waals surface area contributed by atoms with Crippen LogP contribution in [-0.4, -0.2) is 15.7 Å². The maximum absolute atomic E-state index is 11.4. The van der Waals surface area contributed by atoms with Gasteiger partial charge in [-0.15, -0.1) is 9.78 Å². The maximum atomic E-state index is 11.4. The summed E-state index contributed by atoms with van der Waals surface area (Å²) in [7, 11) is 0. The molecule has 0 bridgehead atoms. The van der Waals surface area contributed by atoms with Crippen LogP contribution in [-0.2, 0) is 0 Å². The lowest BCUT2D eigenvalue weighted by atomic mass is 10.2. The number of carbonyl (C=O) groups is 1. The summed E-state index contributed by atoms with van der Waals surface area (Å²) >= 11 is 0. The summed E-state index contributed by atoms with van der Waals surface area (Å²) in [5.74, 6) is -1.01. The van der Waals surface area contributed by atoms with Crippen LogP contribution in [0.15, 0.2) is 9.21 Å². The van der Waals surface area contributed by atoms with E-state index in [0.29, 0.717) is 5.89 Å². The Morgan fingerprint density at radius 2 is 1.93 bits per heavy atom. The number of hydrogen-bond acceptors (Lipinski definition) is 4. The van der Waals surface area contributed by atoms with Crippen LogP contribution in [0.25, 0.3) is 0 Å². The molecule has 0 unspecified atom stereocenters. The van der Waals surface area contributed by atoms with Gasteiger partial charge in [0.1, 0.15) is 0 Å². The molecule has 0 radical (unpaired) electrons. The lowest BCUT2D eigenvalue weighted by molar-refractivity contribution is 0.0830. The highest BCUT2D eigenvalue weighted by Crippen LogP contribution is 2.08. The first-order chi connectivity index (χ1) is 6.43. The van der Waals surface area contributed by atoms with E-state index >= 15 is 0 Å². The quantitative estimate of drug-likeness (QED) is 0.717. The van der Waals surface area contributed by atoms with Gasteiger partial charge in [0, 0.05) is 11.8 Å². The van der Waals surface area contributed by atoms with Crippen molar-refractivity contribution in [2.45, 2.75) is 33.6 Å². The highest BCUT2D eigenvalue weighted by molar-refractivity contribution is 5.79. The van der Waals surface area contributed by atoms with Gasteiger partial charge >= 0.3 is 5.76 Å². The fourth-order valence-corrected chi connectivity index (χ4v) is 0.910. The van der Waals surface area contributed by atoms with Gasteiger partial charge in [-0.1, -0.05) is 27.7 Å². The number of aromatic nitrogens is 2. The molecule has 0 aliphatic carbocycles. The number of rotatable bonds is 2. The Bertz CT molecular complexity index is 387. The molecule has 0 N–H and O–H groups in total. The minimum Gasteiger partial charge on any atom is -0.392 e. The van der Waals surface area contributed by atoms with E-state index in [1.807, 2.05) is 13.8 Å². The van der Waals surface area contributed by atoms with Crippen molar-refractivity contribution >= 4 is 5.91 Å². The van der Waals surface area contributed by atoms with Gasteiger partial charge in [0.05, 0.1) is 0 Å². The fraction of sp³-hybridized carbons (Fsp3) is 0.667. The molecule has 0 spiro atoms. The van der Waals surface area contributed by atoms with Crippen molar-refractivity contribution in [2.75, 3.05) is 0 Å². The summed E-state index contributed by atoms with van der Waals surface area (Å²) in [4.78, 5) is 22.6. The van der Waals surface area contributed by atoms with Gasteiger partial charge in [-0.25, -0.2) is 4.79 Å². The van der Waals surface area contributed by atoms with Crippen LogP contribution in [0.4, 0.5) is 0 Å². The summed E-state index contributed by atoms with van der Waals surface area (Å²) in [6.07, 6.45) is 0. The van der Waals surface area contributed by atoms with Crippen LogP contribution in [0, 0.1) is 5.92 Å². The smallest absolute Gasteiger partial charge is 0.392 e. The van der Waals surface area contributed by atoms with Gasteiger partial charge in [-0.3, -0.25) is 4.79 Å². The Balaban J connectivity index is 3.11. The number of carbonyl (C=O) groups excluding carboxylic acids is 1. The molecule has 0 aliphatic rings. The Hall–Kier alpha value is -1.39. The van der Waals surface area contributed by atoms with Crippen molar-refractivity contribution in [3.05, 3.63) is 16.4 Å². The molecule has 0 saturated carbocycles. The Morgan fingerprint density at radius 3 is 2.29 bits per heavy atom. The van der Waals surface area contributed by atoms with Crippen LogP contribution in [0.5, 0.6) is 0 Å². The zero-order valence-corrected chi connectivity index (χ0v) is 8.77. The molecule has 0 aliphatic heterocycles. The van der Waals surface area contributed by atoms with Gasteiger partial charge in [0.2, 0.25) is 5.89 Å². The second-order valence-electron chi connectivity index (χ2n) is 3.77. The summed E-state index contributed by atoms with van der Waals surface area (Å²) in [6, 6.07) is 0. The third-order valence-electron chi connectivity index (χ3n) is 1.76. The van der Waals surface area contributed by atoms with Gasteiger partial charge in [0.25, 0.3) is 5.91 Å². The van der Waals surface area contributed by atoms with Gasteiger partial charge in [-0.05, 0) is 0 Å². The third-order valence-corrected chi connectivity index (χ3v) is 1.76. The van der Waals surface area contributed by atoms with E-state index < -0.39 is 5.76 Å². The monoisotopic (exact) mass is 198 g/mol. The van der Waals surface area contributed by atoms with E-state index in [1.165, 1.54) is 0 Å². The maximum Gasteiger partial charge on any atom is 0.444 e. The van der Waals surface area contributed by atoms with E-state index in [4.69, 9.17) is 4.42 Å². The van der Waals surface area contributed by atoms with E-state index in [0.717, 1.165) is 4.68 Å². The van der Waals surface area contributed by atoms with Crippen LogP contribution in [0.3, 0.4) is 0 Å². The van der Waals surface area contributed by atoms with Gasteiger partial charge in [0.15, 0.2) is 0 Å². The predicted octanol–water partition coefficient (Wildman–Crippen LogP) is 1.26. The van der Waals surface area contributed by atoms with E-state index in [9.17, 15) is 9.59 Å². The van der Waals surface area contributed by atoms with E-state index in [2.05, 4.69) is 5.10 Å². The minimum absolute atomic E-state index is 0.00362. The summed E-state index contributed by atoms with van der Waals surface area (Å²) < 4.78 is 5.61. The zero-order valence-electron chi connectivity index (χ0n) is 8.77. The second-order valence-corrected chi connectivity index (χ2v) is 3.77. The van der Waals surface area contributed by atoms with Crippen molar-refractivity contribution in [2.24, 2.45) is 5.92 Å². The lowest BCUT2D eigenvalue weighted by Gasteiger charge is -1.99. The molecule has 14 heavy (non-hydrogen) atoms. The van der Waals surface area contributed by atoms with Crippen molar-refractivity contribution in [3.63, 3.8) is 0 Å². The number of hydrogen-bond donors (Lipinski definition) is 0. The molecule has 0 atom stereocenters. The van der Waals surface area contributed by atoms with Crippen LogP contribution in [0.2, 0.25) is 0 Å². The predicted molar refractivity (Wildman–Crippen MR) is 50.3 cm³/mol. The molecule has 0 fully saturated rings. The number of nitrogens with zero attached hydrogens (tertiary/aromatic N) is 2. The molecule has 0 amide bonds. The standard InChI is InChI=1S/C9H14N2O3/c1-5(2)7-10-11(9(13)14-7)8(12)6(3)4/h5-6H,1-4H3. The van der Waals surface area contributed by atoms with Crippen molar-refractivity contribution in [1.29, 1.82) is 0 Å². The molecule has 5 heteroatoms. The largest absolute Gasteiger partial charge is 0.444 e. The molecule has 1 aromatic heterocycles. The van der Waals surface area contributed by atoms with Crippen LogP contribution < -0.4 is 5.76 Å². The molecular weight excluding hydrogens is 184 g/mol. The molecule has 5 nitrogen and oxygen atoms in total. The fourth-order valence-electron chi connectivity index (χ4n) is 0.910.